The van der Waals surface area contributed by atoms with Gasteiger partial charge >= 0.3 is 0 Å². The number of hydrogen-bond donors (Lipinski definition) is 0. The predicted molar refractivity (Wildman–Crippen MR) is 53.3 cm³/mol. The van der Waals surface area contributed by atoms with Crippen LogP contribution in [0.1, 0.15) is 33.6 Å². The number of fused-ring (bicyclic) bond motifs is 1. The number of Topliss-reactive ketones (excluding diaryl/α,β-unsaturated/α-hetero) is 1. The molecule has 0 aromatic rings. The van der Waals surface area contributed by atoms with Gasteiger partial charge in [-0.15, -0.1) is 0 Å². The van der Waals surface area contributed by atoms with Gasteiger partial charge in [-0.3, -0.25) is 4.79 Å². The van der Waals surface area contributed by atoms with Gasteiger partial charge in [0.15, 0.2) is 5.41 Å². The lowest BCUT2D eigenvalue weighted by molar-refractivity contribution is -0.125. The van der Waals surface area contributed by atoms with Crippen LogP contribution in [0.25, 0.3) is 0 Å². The van der Waals surface area contributed by atoms with Crippen LogP contribution in [0.5, 0.6) is 0 Å². The molecule has 15 heavy (non-hydrogen) atoms. The van der Waals surface area contributed by atoms with E-state index in [1.54, 1.807) is 0 Å². The van der Waals surface area contributed by atoms with Crippen molar-refractivity contribution in [3.8, 4) is 12.1 Å². The van der Waals surface area contributed by atoms with Gasteiger partial charge in [0.05, 0.1) is 18.1 Å². The Hall–Kier alpha value is -1.35. The van der Waals surface area contributed by atoms with Gasteiger partial charge in [0.1, 0.15) is 5.78 Å². The summed E-state index contributed by atoms with van der Waals surface area (Å²) in [6, 6.07) is 4.14. The van der Waals surface area contributed by atoms with E-state index in [-0.39, 0.29) is 17.1 Å². The minimum Gasteiger partial charge on any atom is -0.299 e. The van der Waals surface area contributed by atoms with Crippen LogP contribution in [-0.4, -0.2) is 5.78 Å². The smallest absolute Gasteiger partial charge is 0.160 e. The molecule has 78 valence electrons. The molecule has 2 rings (SSSR count). The van der Waals surface area contributed by atoms with Crippen molar-refractivity contribution in [2.75, 3.05) is 0 Å². The van der Waals surface area contributed by atoms with Crippen molar-refractivity contribution >= 4 is 5.78 Å². The lowest BCUT2D eigenvalue weighted by Gasteiger charge is -2.31. The number of nitriles is 2. The van der Waals surface area contributed by atoms with Gasteiger partial charge in [-0.25, -0.2) is 0 Å². The number of ketones is 1. The Labute approximate surface area is 89.7 Å². The molecule has 2 aliphatic carbocycles. The molecule has 2 unspecified atom stereocenters. The Kier molecular flexibility index (Phi) is 1.64. The van der Waals surface area contributed by atoms with Crippen LogP contribution in [0, 0.1) is 44.8 Å². The third kappa shape index (κ3) is 0.960. The lowest BCUT2D eigenvalue weighted by Crippen LogP contribution is -2.28. The molecule has 0 heterocycles. The maximum Gasteiger partial charge on any atom is 0.160 e. The van der Waals surface area contributed by atoms with Gasteiger partial charge < -0.3 is 0 Å². The zero-order chi connectivity index (χ0) is 11.5. The zero-order valence-corrected chi connectivity index (χ0v) is 9.29. The van der Waals surface area contributed by atoms with E-state index in [2.05, 4.69) is 12.1 Å². The van der Waals surface area contributed by atoms with Crippen molar-refractivity contribution in [1.82, 2.24) is 0 Å². The predicted octanol–water partition coefficient (Wildman–Crippen LogP) is 2.05. The Morgan fingerprint density at radius 3 is 2.27 bits per heavy atom. The standard InChI is InChI=1S/C12H14N2O/c1-10(2)4-8(15)9-11(3,5-10)12(9,6-13)7-14/h9H,4-5H2,1-3H3. The summed E-state index contributed by atoms with van der Waals surface area (Å²) in [5, 5.41) is 18.2. The highest BCUT2D eigenvalue weighted by Gasteiger charge is 2.80. The fourth-order valence-corrected chi connectivity index (χ4v) is 3.56. The first-order valence-corrected chi connectivity index (χ1v) is 5.18. The SMILES string of the molecule is CC1(C)CC(=O)C2C(C#N)(C#N)C2(C)C1. The lowest BCUT2D eigenvalue weighted by atomic mass is 9.71. The van der Waals surface area contributed by atoms with Crippen molar-refractivity contribution in [3.05, 3.63) is 0 Å². The highest BCUT2D eigenvalue weighted by atomic mass is 16.1. The van der Waals surface area contributed by atoms with E-state index in [0.29, 0.717) is 6.42 Å². The topological polar surface area (TPSA) is 64.7 Å². The average molecular weight is 202 g/mol. The zero-order valence-electron chi connectivity index (χ0n) is 9.29. The molecule has 0 aromatic carbocycles. The summed E-state index contributed by atoms with van der Waals surface area (Å²) in [6.07, 6.45) is 1.29. The summed E-state index contributed by atoms with van der Waals surface area (Å²) in [5.41, 5.74) is -1.52. The Balaban J connectivity index is 2.46. The Morgan fingerprint density at radius 2 is 1.80 bits per heavy atom. The summed E-state index contributed by atoms with van der Waals surface area (Å²) in [7, 11) is 0. The van der Waals surface area contributed by atoms with Gasteiger partial charge in [0, 0.05) is 11.8 Å². The minimum absolute atomic E-state index is 0.0716. The molecule has 0 spiro atoms. The molecule has 2 saturated carbocycles. The number of rotatable bonds is 0. The van der Waals surface area contributed by atoms with Crippen LogP contribution in [0.2, 0.25) is 0 Å². The maximum absolute atomic E-state index is 11.9. The molecule has 0 aliphatic heterocycles. The van der Waals surface area contributed by atoms with Crippen LogP contribution in [0.4, 0.5) is 0 Å². The number of carbonyl (C=O) groups is 1. The van der Waals surface area contributed by atoms with Crippen LogP contribution in [-0.2, 0) is 4.79 Å². The fraction of sp³-hybridized carbons (Fsp3) is 0.750. The van der Waals surface area contributed by atoms with Crippen molar-refractivity contribution < 1.29 is 4.79 Å². The summed E-state index contributed by atoms with van der Waals surface area (Å²) in [4.78, 5) is 11.9. The van der Waals surface area contributed by atoms with E-state index in [0.717, 1.165) is 6.42 Å². The average Bonchev–Trinajstić information content (AvgIpc) is 2.62. The third-order valence-electron chi connectivity index (χ3n) is 4.06. The summed E-state index contributed by atoms with van der Waals surface area (Å²) >= 11 is 0. The van der Waals surface area contributed by atoms with E-state index in [1.807, 2.05) is 20.8 Å². The highest BCUT2D eigenvalue weighted by molar-refractivity contribution is 5.90. The monoisotopic (exact) mass is 202 g/mol. The summed E-state index contributed by atoms with van der Waals surface area (Å²) < 4.78 is 0. The maximum atomic E-state index is 11.9. The molecule has 0 aromatic heterocycles. The Bertz CT molecular complexity index is 410. The van der Waals surface area contributed by atoms with E-state index in [4.69, 9.17) is 10.5 Å². The molecule has 0 radical (unpaired) electrons. The van der Waals surface area contributed by atoms with E-state index in [9.17, 15) is 4.79 Å². The first-order valence-electron chi connectivity index (χ1n) is 5.18. The second-order valence-corrected chi connectivity index (χ2v) is 5.87. The molecule has 0 N–H and O–H groups in total. The third-order valence-corrected chi connectivity index (χ3v) is 4.06. The molecule has 0 saturated heterocycles. The van der Waals surface area contributed by atoms with Gasteiger partial charge in [0.2, 0.25) is 0 Å². The van der Waals surface area contributed by atoms with E-state index >= 15 is 0 Å². The minimum atomic E-state index is -1.04. The van der Waals surface area contributed by atoms with Crippen molar-refractivity contribution in [2.45, 2.75) is 33.6 Å². The number of nitrogens with zero attached hydrogens (tertiary/aromatic N) is 2. The second-order valence-electron chi connectivity index (χ2n) is 5.87. The molecule has 3 heteroatoms. The largest absolute Gasteiger partial charge is 0.299 e. The van der Waals surface area contributed by atoms with Gasteiger partial charge in [0.25, 0.3) is 0 Å². The second kappa shape index (κ2) is 2.42. The number of hydrogen-bond acceptors (Lipinski definition) is 3. The molecule has 2 aliphatic rings. The van der Waals surface area contributed by atoms with Crippen molar-refractivity contribution in [2.24, 2.45) is 22.2 Å². The van der Waals surface area contributed by atoms with Crippen LogP contribution < -0.4 is 0 Å². The van der Waals surface area contributed by atoms with Gasteiger partial charge in [-0.05, 0) is 11.8 Å². The van der Waals surface area contributed by atoms with Crippen LogP contribution >= 0.6 is 0 Å². The quantitative estimate of drug-likeness (QED) is 0.603. The van der Waals surface area contributed by atoms with Gasteiger partial charge in [-0.1, -0.05) is 20.8 Å². The van der Waals surface area contributed by atoms with Crippen LogP contribution in [0.3, 0.4) is 0 Å². The highest BCUT2D eigenvalue weighted by Crippen LogP contribution is 2.75. The summed E-state index contributed by atoms with van der Waals surface area (Å²) in [6.45, 7) is 5.97. The molecule has 3 nitrogen and oxygen atoms in total. The van der Waals surface area contributed by atoms with Gasteiger partial charge in [-0.2, -0.15) is 10.5 Å². The molecule has 2 fully saturated rings. The molecule has 0 amide bonds. The molecule has 0 bridgehead atoms. The molecule has 2 atom stereocenters. The molecular formula is C12H14N2O. The van der Waals surface area contributed by atoms with Crippen molar-refractivity contribution in [3.63, 3.8) is 0 Å². The first kappa shape index (κ1) is 10.2. The van der Waals surface area contributed by atoms with E-state index < -0.39 is 10.8 Å². The summed E-state index contributed by atoms with van der Waals surface area (Å²) in [5.74, 6) is -0.245. The first-order chi connectivity index (χ1) is 6.83. The fourth-order valence-electron chi connectivity index (χ4n) is 3.56. The molecular weight excluding hydrogens is 188 g/mol. The van der Waals surface area contributed by atoms with E-state index in [1.165, 1.54) is 0 Å². The number of carbonyl (C=O) groups excluding carboxylic acids is 1. The van der Waals surface area contributed by atoms with Crippen LogP contribution in [0.15, 0.2) is 0 Å². The van der Waals surface area contributed by atoms with Crippen molar-refractivity contribution in [1.29, 1.82) is 10.5 Å². The normalized spacial score (nSPS) is 39.8. The Morgan fingerprint density at radius 1 is 1.27 bits per heavy atom.